The van der Waals surface area contributed by atoms with Crippen LogP contribution in [0.2, 0.25) is 5.02 Å². The Balaban J connectivity index is 2.35. The van der Waals surface area contributed by atoms with Gasteiger partial charge in [-0.15, -0.1) is 0 Å². The number of halogens is 4. The van der Waals surface area contributed by atoms with Crippen molar-refractivity contribution in [3.63, 3.8) is 0 Å². The van der Waals surface area contributed by atoms with Crippen LogP contribution in [0.5, 0.6) is 0 Å². The minimum absolute atomic E-state index is 0.0821. The van der Waals surface area contributed by atoms with Gasteiger partial charge in [-0.3, -0.25) is 9.59 Å². The monoisotopic (exact) mass is 390 g/mol. The summed E-state index contributed by atoms with van der Waals surface area (Å²) >= 11 is 6.04. The molecule has 1 atom stereocenters. The summed E-state index contributed by atoms with van der Waals surface area (Å²) in [5, 5.41) is 12.6. The van der Waals surface area contributed by atoms with E-state index in [1.807, 2.05) is 0 Å². The van der Waals surface area contributed by atoms with E-state index in [4.69, 9.17) is 16.7 Å². The largest absolute Gasteiger partial charge is 0.481 e. The van der Waals surface area contributed by atoms with Crippen molar-refractivity contribution in [2.24, 2.45) is 5.92 Å². The molecule has 1 N–H and O–H groups in total. The molecule has 2 rings (SSSR count). The van der Waals surface area contributed by atoms with Gasteiger partial charge in [0.1, 0.15) is 5.02 Å². The van der Waals surface area contributed by atoms with E-state index in [1.54, 1.807) is 7.05 Å². The van der Waals surface area contributed by atoms with Crippen LogP contribution in [0.15, 0.2) is 29.3 Å². The number of pyridine rings is 1. The summed E-state index contributed by atoms with van der Waals surface area (Å²) < 4.78 is 38.5. The van der Waals surface area contributed by atoms with Crippen molar-refractivity contribution in [2.75, 3.05) is 18.5 Å². The summed E-state index contributed by atoms with van der Waals surface area (Å²) in [6.07, 6.45) is -2.74. The Bertz CT molecular complexity index is 868. The van der Waals surface area contributed by atoms with Gasteiger partial charge in [0.2, 0.25) is 0 Å². The first-order valence-corrected chi connectivity index (χ1v) is 7.65. The first kappa shape index (κ1) is 19.7. The van der Waals surface area contributed by atoms with Gasteiger partial charge in [-0.05, 0) is 12.1 Å². The quantitative estimate of drug-likeness (QED) is 0.843. The molecule has 0 radical (unpaired) electrons. The standard InChI is InChI=1S/C15H14ClF3N4O3/c1-8(14(25)26)7-22(2)10-6-21-23(13(24)12(10)16)11-4-3-9(5-20-11)15(17,18)19/h3-6,8H,7H2,1-2H3,(H,25,26). The second-order valence-corrected chi connectivity index (χ2v) is 5.96. The molecular formula is C15H14ClF3N4O3. The number of anilines is 1. The minimum atomic E-state index is -4.55. The summed E-state index contributed by atoms with van der Waals surface area (Å²) in [6, 6.07) is 1.78. The lowest BCUT2D eigenvalue weighted by atomic mass is 10.2. The van der Waals surface area contributed by atoms with Crippen molar-refractivity contribution >= 4 is 23.3 Å². The van der Waals surface area contributed by atoms with Crippen LogP contribution in [-0.2, 0) is 11.0 Å². The molecule has 0 aliphatic carbocycles. The summed E-state index contributed by atoms with van der Waals surface area (Å²) in [5.41, 5.74) is -1.54. The highest BCUT2D eigenvalue weighted by Crippen LogP contribution is 2.28. The molecule has 0 amide bonds. The highest BCUT2D eigenvalue weighted by Gasteiger charge is 2.30. The summed E-state index contributed by atoms with van der Waals surface area (Å²) in [4.78, 5) is 28.3. The van der Waals surface area contributed by atoms with E-state index in [-0.39, 0.29) is 23.1 Å². The molecule has 0 saturated heterocycles. The second kappa shape index (κ2) is 7.32. The van der Waals surface area contributed by atoms with Gasteiger partial charge in [-0.25, -0.2) is 4.98 Å². The normalized spacial score (nSPS) is 12.7. The molecule has 0 aliphatic heterocycles. The smallest absolute Gasteiger partial charge is 0.417 e. The average Bonchev–Trinajstić information content (AvgIpc) is 2.56. The van der Waals surface area contributed by atoms with E-state index < -0.39 is 29.2 Å². The number of aromatic nitrogens is 3. The average molecular weight is 391 g/mol. The molecule has 0 fully saturated rings. The first-order chi connectivity index (χ1) is 12.0. The minimum Gasteiger partial charge on any atom is -0.481 e. The van der Waals surface area contributed by atoms with Crippen molar-refractivity contribution in [2.45, 2.75) is 13.1 Å². The van der Waals surface area contributed by atoms with Crippen LogP contribution >= 0.6 is 11.6 Å². The Morgan fingerprint density at radius 1 is 1.38 bits per heavy atom. The molecule has 11 heteroatoms. The molecule has 2 aromatic rings. The van der Waals surface area contributed by atoms with Gasteiger partial charge in [0.05, 0.1) is 23.4 Å². The number of aliphatic carboxylic acids is 1. The Morgan fingerprint density at radius 2 is 2.04 bits per heavy atom. The predicted molar refractivity (Wildman–Crippen MR) is 87.7 cm³/mol. The number of carboxylic acid groups (broad SMARTS) is 1. The van der Waals surface area contributed by atoms with Crippen LogP contribution in [0.3, 0.4) is 0 Å². The van der Waals surface area contributed by atoms with Crippen molar-refractivity contribution in [1.82, 2.24) is 14.8 Å². The lowest BCUT2D eigenvalue weighted by Gasteiger charge is -2.22. The Labute approximate surface area is 150 Å². The van der Waals surface area contributed by atoms with E-state index in [0.717, 1.165) is 16.8 Å². The van der Waals surface area contributed by atoms with Crippen LogP contribution in [0.25, 0.3) is 5.82 Å². The summed E-state index contributed by atoms with van der Waals surface area (Å²) in [7, 11) is 1.54. The van der Waals surface area contributed by atoms with Crippen molar-refractivity contribution in [1.29, 1.82) is 0 Å². The van der Waals surface area contributed by atoms with Crippen LogP contribution < -0.4 is 10.5 Å². The van der Waals surface area contributed by atoms with Crippen LogP contribution in [0.4, 0.5) is 18.9 Å². The lowest BCUT2D eigenvalue weighted by Crippen LogP contribution is -2.31. The third kappa shape index (κ3) is 4.13. The fourth-order valence-corrected chi connectivity index (χ4v) is 2.39. The van der Waals surface area contributed by atoms with Gasteiger partial charge < -0.3 is 10.0 Å². The topological polar surface area (TPSA) is 88.3 Å². The first-order valence-electron chi connectivity index (χ1n) is 7.27. The zero-order valence-electron chi connectivity index (χ0n) is 13.7. The fraction of sp³-hybridized carbons (Fsp3) is 0.333. The number of nitrogens with zero attached hydrogens (tertiary/aromatic N) is 4. The molecule has 140 valence electrons. The van der Waals surface area contributed by atoms with Gasteiger partial charge in [0, 0.05) is 19.8 Å². The SMILES string of the molecule is CC(CN(C)c1cnn(-c2ccc(C(F)(F)F)cn2)c(=O)c1Cl)C(=O)O. The van der Waals surface area contributed by atoms with Gasteiger partial charge in [-0.1, -0.05) is 18.5 Å². The maximum Gasteiger partial charge on any atom is 0.417 e. The van der Waals surface area contributed by atoms with E-state index in [1.165, 1.54) is 18.0 Å². The van der Waals surface area contributed by atoms with E-state index >= 15 is 0 Å². The molecule has 0 aromatic carbocycles. The van der Waals surface area contributed by atoms with E-state index in [9.17, 15) is 22.8 Å². The number of alkyl halides is 3. The molecule has 26 heavy (non-hydrogen) atoms. The zero-order valence-corrected chi connectivity index (χ0v) is 14.4. The molecule has 1 unspecified atom stereocenters. The summed E-state index contributed by atoms with van der Waals surface area (Å²) in [6.45, 7) is 1.58. The number of carbonyl (C=O) groups is 1. The molecule has 7 nitrogen and oxygen atoms in total. The van der Waals surface area contributed by atoms with Crippen molar-refractivity contribution in [3.05, 3.63) is 45.5 Å². The van der Waals surface area contributed by atoms with Crippen LogP contribution in [0.1, 0.15) is 12.5 Å². The fourth-order valence-electron chi connectivity index (χ4n) is 2.12. The third-order valence-electron chi connectivity index (χ3n) is 3.57. The Kier molecular flexibility index (Phi) is 5.55. The highest BCUT2D eigenvalue weighted by atomic mass is 35.5. The van der Waals surface area contributed by atoms with Gasteiger partial charge in [0.15, 0.2) is 5.82 Å². The Hall–Kier alpha value is -2.62. The van der Waals surface area contributed by atoms with Gasteiger partial charge >= 0.3 is 12.1 Å². The van der Waals surface area contributed by atoms with Gasteiger partial charge in [-0.2, -0.15) is 23.0 Å². The van der Waals surface area contributed by atoms with Crippen molar-refractivity contribution in [3.8, 4) is 5.82 Å². The second-order valence-electron chi connectivity index (χ2n) is 5.58. The van der Waals surface area contributed by atoms with Crippen LogP contribution in [0, 0.1) is 5.92 Å². The maximum atomic E-state index is 12.6. The third-order valence-corrected chi connectivity index (χ3v) is 3.93. The van der Waals surface area contributed by atoms with Crippen molar-refractivity contribution < 1.29 is 23.1 Å². The lowest BCUT2D eigenvalue weighted by molar-refractivity contribution is -0.141. The Morgan fingerprint density at radius 3 is 2.54 bits per heavy atom. The number of hydrogen-bond donors (Lipinski definition) is 1. The van der Waals surface area contributed by atoms with Crippen LogP contribution in [-0.4, -0.2) is 39.4 Å². The maximum absolute atomic E-state index is 12.6. The zero-order chi connectivity index (χ0) is 19.6. The van der Waals surface area contributed by atoms with Gasteiger partial charge in [0.25, 0.3) is 5.56 Å². The van der Waals surface area contributed by atoms with E-state index in [2.05, 4.69) is 10.1 Å². The molecule has 2 heterocycles. The highest BCUT2D eigenvalue weighted by molar-refractivity contribution is 6.33. The number of rotatable bonds is 5. The number of hydrogen-bond acceptors (Lipinski definition) is 5. The molecular weight excluding hydrogens is 377 g/mol. The molecule has 2 aromatic heterocycles. The number of carboxylic acids is 1. The molecule has 0 spiro atoms. The molecule has 0 bridgehead atoms. The summed E-state index contributed by atoms with van der Waals surface area (Å²) in [5.74, 6) is -1.85. The molecule has 0 aliphatic rings. The van der Waals surface area contributed by atoms with E-state index in [0.29, 0.717) is 6.20 Å². The predicted octanol–water partition coefficient (Wildman–Crippen LogP) is 2.46. The molecule has 0 saturated carbocycles.